The van der Waals surface area contributed by atoms with Gasteiger partial charge in [-0.25, -0.2) is 0 Å². The SMILES string of the molecule is CCCCCCCCCCCCC(C)Cc1cccc(O)c1CC(C)CCCCCCCCCCCC. The predicted molar refractivity (Wildman–Crippen MR) is 167 cm³/mol. The first-order valence-corrected chi connectivity index (χ1v) is 16.9. The Hall–Kier alpha value is -0.980. The number of hydrogen-bond donors (Lipinski definition) is 1. The zero-order chi connectivity index (χ0) is 27.0. The molecule has 1 aromatic carbocycles. The van der Waals surface area contributed by atoms with Gasteiger partial charge >= 0.3 is 0 Å². The smallest absolute Gasteiger partial charge is 0.119 e. The van der Waals surface area contributed by atoms with Gasteiger partial charge in [-0.2, -0.15) is 0 Å². The molecule has 1 N–H and O–H groups in total. The lowest BCUT2D eigenvalue weighted by Gasteiger charge is -2.19. The van der Waals surface area contributed by atoms with Gasteiger partial charge in [-0.05, 0) is 41.9 Å². The second-order valence-electron chi connectivity index (χ2n) is 12.5. The Kier molecular flexibility index (Phi) is 22.2. The largest absolute Gasteiger partial charge is 0.508 e. The van der Waals surface area contributed by atoms with Gasteiger partial charge in [0.05, 0.1) is 0 Å². The molecule has 0 radical (unpaired) electrons. The first kappa shape index (κ1) is 34.0. The fraction of sp³-hybridized carbons (Fsp3) is 0.833. The minimum Gasteiger partial charge on any atom is -0.508 e. The van der Waals surface area contributed by atoms with E-state index in [9.17, 15) is 5.11 Å². The predicted octanol–water partition coefficient (Wildman–Crippen LogP) is 12.4. The molecule has 0 saturated carbocycles. The highest BCUT2D eigenvalue weighted by Gasteiger charge is 2.14. The van der Waals surface area contributed by atoms with E-state index in [2.05, 4.69) is 33.8 Å². The zero-order valence-electron chi connectivity index (χ0n) is 25.8. The van der Waals surface area contributed by atoms with Crippen LogP contribution in [0, 0.1) is 11.8 Å². The van der Waals surface area contributed by atoms with Crippen molar-refractivity contribution in [3.8, 4) is 5.75 Å². The number of phenolic OH excluding ortho intramolecular Hbond substituents is 1. The van der Waals surface area contributed by atoms with Gasteiger partial charge in [0.1, 0.15) is 5.75 Å². The van der Waals surface area contributed by atoms with Crippen LogP contribution in [0.3, 0.4) is 0 Å². The Morgan fingerprint density at radius 2 is 0.892 bits per heavy atom. The van der Waals surface area contributed by atoms with Crippen molar-refractivity contribution in [2.24, 2.45) is 11.8 Å². The molecule has 1 heteroatoms. The maximum atomic E-state index is 10.7. The Morgan fingerprint density at radius 1 is 0.514 bits per heavy atom. The summed E-state index contributed by atoms with van der Waals surface area (Å²) in [6.07, 6.45) is 32.9. The number of aromatic hydroxyl groups is 1. The Labute approximate surface area is 233 Å². The fourth-order valence-corrected chi connectivity index (χ4v) is 5.94. The van der Waals surface area contributed by atoms with Crippen molar-refractivity contribution in [2.45, 2.75) is 182 Å². The summed E-state index contributed by atoms with van der Waals surface area (Å²) in [4.78, 5) is 0. The van der Waals surface area contributed by atoms with Gasteiger partial charge in [0.25, 0.3) is 0 Å². The maximum absolute atomic E-state index is 10.7. The maximum Gasteiger partial charge on any atom is 0.119 e. The number of phenols is 1. The van der Waals surface area contributed by atoms with Crippen LogP contribution in [0.5, 0.6) is 5.75 Å². The van der Waals surface area contributed by atoms with Crippen LogP contribution in [0.4, 0.5) is 0 Å². The van der Waals surface area contributed by atoms with Crippen LogP contribution in [0.2, 0.25) is 0 Å². The molecule has 0 aromatic heterocycles. The molecule has 1 aromatic rings. The molecule has 0 heterocycles. The standard InChI is InChI=1S/C36H66O/c1-5-7-9-11-13-15-17-19-21-23-26-32(3)30-34-28-25-29-36(37)35(34)31-33(4)27-24-22-20-18-16-14-12-10-8-6-2/h25,28-29,32-33,37H,5-24,26-27,30-31H2,1-4H3. The van der Waals surface area contributed by atoms with Crippen LogP contribution in [-0.4, -0.2) is 5.11 Å². The van der Waals surface area contributed by atoms with E-state index in [-0.39, 0.29) is 0 Å². The van der Waals surface area contributed by atoms with Crippen molar-refractivity contribution in [2.75, 3.05) is 0 Å². The van der Waals surface area contributed by atoms with E-state index in [0.717, 1.165) is 12.8 Å². The molecule has 0 amide bonds. The molecule has 2 unspecified atom stereocenters. The van der Waals surface area contributed by atoms with E-state index < -0.39 is 0 Å². The quantitative estimate of drug-likeness (QED) is 0.122. The van der Waals surface area contributed by atoms with E-state index in [4.69, 9.17) is 0 Å². The van der Waals surface area contributed by atoms with Crippen LogP contribution in [-0.2, 0) is 12.8 Å². The van der Waals surface area contributed by atoms with Crippen molar-refractivity contribution in [3.63, 3.8) is 0 Å². The van der Waals surface area contributed by atoms with Crippen molar-refractivity contribution in [1.82, 2.24) is 0 Å². The topological polar surface area (TPSA) is 20.2 Å². The van der Waals surface area contributed by atoms with E-state index in [0.29, 0.717) is 17.6 Å². The number of rotatable bonds is 26. The van der Waals surface area contributed by atoms with E-state index in [1.807, 2.05) is 12.1 Å². The van der Waals surface area contributed by atoms with Crippen LogP contribution < -0.4 is 0 Å². The summed E-state index contributed by atoms with van der Waals surface area (Å²) in [5.74, 6) is 1.88. The molecule has 1 rings (SSSR count). The van der Waals surface area contributed by atoms with Crippen LogP contribution in [0.15, 0.2) is 18.2 Å². The highest BCUT2D eigenvalue weighted by Crippen LogP contribution is 2.29. The van der Waals surface area contributed by atoms with Crippen LogP contribution >= 0.6 is 0 Å². The second-order valence-corrected chi connectivity index (χ2v) is 12.5. The van der Waals surface area contributed by atoms with Gasteiger partial charge in [-0.3, -0.25) is 0 Å². The molecule has 0 aliphatic heterocycles. The van der Waals surface area contributed by atoms with Crippen molar-refractivity contribution < 1.29 is 5.11 Å². The number of unbranched alkanes of at least 4 members (excludes halogenated alkanes) is 18. The lowest BCUT2D eigenvalue weighted by atomic mass is 9.87. The van der Waals surface area contributed by atoms with Gasteiger partial charge < -0.3 is 5.11 Å². The van der Waals surface area contributed by atoms with E-state index in [1.54, 1.807) is 0 Å². The molecule has 0 aliphatic carbocycles. The molecule has 0 saturated heterocycles. The summed E-state index contributed by atoms with van der Waals surface area (Å²) in [6.45, 7) is 9.39. The summed E-state index contributed by atoms with van der Waals surface area (Å²) in [5, 5.41) is 10.7. The van der Waals surface area contributed by atoms with Crippen molar-refractivity contribution in [1.29, 1.82) is 0 Å². The summed E-state index contributed by atoms with van der Waals surface area (Å²) in [7, 11) is 0. The van der Waals surface area contributed by atoms with Gasteiger partial charge in [0.2, 0.25) is 0 Å². The molecule has 1 nitrogen and oxygen atoms in total. The lowest BCUT2D eigenvalue weighted by molar-refractivity contribution is 0.437. The van der Waals surface area contributed by atoms with E-state index >= 15 is 0 Å². The third kappa shape index (κ3) is 18.8. The second kappa shape index (κ2) is 24.1. The monoisotopic (exact) mass is 515 g/mol. The molecular formula is C36H66O. The van der Waals surface area contributed by atoms with E-state index in [1.165, 1.54) is 152 Å². The Balaban J connectivity index is 2.21. The average Bonchev–Trinajstić information content (AvgIpc) is 2.88. The molecule has 0 spiro atoms. The molecule has 37 heavy (non-hydrogen) atoms. The number of hydrogen-bond acceptors (Lipinski definition) is 1. The lowest BCUT2D eigenvalue weighted by Crippen LogP contribution is -2.07. The van der Waals surface area contributed by atoms with Crippen molar-refractivity contribution in [3.05, 3.63) is 29.3 Å². The van der Waals surface area contributed by atoms with Gasteiger partial charge in [-0.1, -0.05) is 181 Å². The molecule has 0 aliphatic rings. The Bertz CT molecular complexity index is 621. The normalized spacial score (nSPS) is 13.2. The highest BCUT2D eigenvalue weighted by atomic mass is 16.3. The summed E-state index contributed by atoms with van der Waals surface area (Å²) in [6, 6.07) is 6.23. The summed E-state index contributed by atoms with van der Waals surface area (Å²) in [5.41, 5.74) is 2.63. The first-order valence-electron chi connectivity index (χ1n) is 16.9. The van der Waals surface area contributed by atoms with Gasteiger partial charge in [0, 0.05) is 0 Å². The summed E-state index contributed by atoms with van der Waals surface area (Å²) >= 11 is 0. The molecule has 0 fully saturated rings. The fourth-order valence-electron chi connectivity index (χ4n) is 5.94. The third-order valence-corrected chi connectivity index (χ3v) is 8.47. The summed E-state index contributed by atoms with van der Waals surface area (Å²) < 4.78 is 0. The number of benzene rings is 1. The molecule has 216 valence electrons. The average molecular weight is 515 g/mol. The minimum absolute atomic E-state index is 0.526. The molecule has 2 atom stereocenters. The first-order chi connectivity index (χ1) is 18.1. The minimum atomic E-state index is 0.526. The zero-order valence-corrected chi connectivity index (χ0v) is 25.8. The Morgan fingerprint density at radius 3 is 1.32 bits per heavy atom. The van der Waals surface area contributed by atoms with Crippen LogP contribution in [0.1, 0.15) is 180 Å². The molecular weight excluding hydrogens is 448 g/mol. The molecule has 0 bridgehead atoms. The van der Waals surface area contributed by atoms with Crippen LogP contribution in [0.25, 0.3) is 0 Å². The van der Waals surface area contributed by atoms with Gasteiger partial charge in [0.15, 0.2) is 0 Å². The van der Waals surface area contributed by atoms with Crippen molar-refractivity contribution >= 4 is 0 Å². The highest BCUT2D eigenvalue weighted by molar-refractivity contribution is 5.39. The van der Waals surface area contributed by atoms with Gasteiger partial charge in [-0.15, -0.1) is 0 Å². The third-order valence-electron chi connectivity index (χ3n) is 8.47.